The summed E-state index contributed by atoms with van der Waals surface area (Å²) in [6.45, 7) is 1.73. The maximum absolute atomic E-state index is 12.8. The number of allylic oxidation sites excluding steroid dienone is 1. The van der Waals surface area contributed by atoms with Crippen LogP contribution < -0.4 is 9.47 Å². The molecule has 0 atom stereocenters. The Morgan fingerprint density at radius 2 is 1.80 bits per heavy atom. The minimum atomic E-state index is -0.648. The maximum atomic E-state index is 12.8. The van der Waals surface area contributed by atoms with Gasteiger partial charge in [0, 0.05) is 6.07 Å². The van der Waals surface area contributed by atoms with Crippen LogP contribution in [-0.4, -0.2) is 24.8 Å². The highest BCUT2D eigenvalue weighted by Crippen LogP contribution is 2.37. The van der Waals surface area contributed by atoms with Crippen molar-refractivity contribution >= 4 is 23.8 Å². The Kier molecular flexibility index (Phi) is 4.93. The quantitative estimate of drug-likeness (QED) is 0.365. The van der Waals surface area contributed by atoms with Crippen LogP contribution in [-0.2, 0) is 4.74 Å². The van der Waals surface area contributed by atoms with E-state index in [4.69, 9.17) is 13.9 Å². The van der Waals surface area contributed by atoms with E-state index in [0.717, 1.165) is 0 Å². The first-order valence-corrected chi connectivity index (χ1v) is 8.99. The fraction of sp³-hybridized carbons (Fsp3) is 0.0870. The molecule has 0 fully saturated rings. The van der Waals surface area contributed by atoms with Gasteiger partial charge in [0.1, 0.15) is 11.5 Å². The smallest absolute Gasteiger partial charge is 0.379 e. The van der Waals surface area contributed by atoms with Crippen molar-refractivity contribution in [3.63, 3.8) is 0 Å². The lowest BCUT2D eigenvalue weighted by Crippen LogP contribution is -2.07. The number of carbonyl (C=O) groups excluding carboxylic acids is 3. The molecule has 0 unspecified atom stereocenters. The van der Waals surface area contributed by atoms with E-state index in [2.05, 4.69) is 4.74 Å². The molecule has 1 aromatic heterocycles. The lowest BCUT2D eigenvalue weighted by atomic mass is 10.0. The van der Waals surface area contributed by atoms with Crippen LogP contribution in [0.4, 0.5) is 0 Å². The zero-order valence-electron chi connectivity index (χ0n) is 16.1. The number of ether oxygens (including phenoxy) is 3. The standard InChI is InChI=1S/C23H16O7/c1-13-10-16(29-23(26)17-4-3-9-28-17)12-18-20(13)21(24)19(30-18)11-14-5-7-15(8-6-14)22(25)27-2/h3-12H,1-2H3/b19-11-. The number of aryl methyl sites for hydroxylation is 1. The van der Waals surface area contributed by atoms with Gasteiger partial charge < -0.3 is 18.6 Å². The lowest BCUT2D eigenvalue weighted by Gasteiger charge is -2.06. The van der Waals surface area contributed by atoms with Crippen molar-refractivity contribution < 1.29 is 33.0 Å². The van der Waals surface area contributed by atoms with Crippen LogP contribution in [0.3, 0.4) is 0 Å². The maximum Gasteiger partial charge on any atom is 0.379 e. The third kappa shape index (κ3) is 3.60. The van der Waals surface area contributed by atoms with Crippen LogP contribution in [0.5, 0.6) is 11.5 Å². The van der Waals surface area contributed by atoms with Crippen molar-refractivity contribution in [2.75, 3.05) is 7.11 Å². The summed E-state index contributed by atoms with van der Waals surface area (Å²) in [4.78, 5) is 36.4. The van der Waals surface area contributed by atoms with Gasteiger partial charge in [-0.25, -0.2) is 9.59 Å². The molecular weight excluding hydrogens is 388 g/mol. The molecule has 2 heterocycles. The molecule has 0 bridgehead atoms. The Balaban J connectivity index is 1.57. The number of benzene rings is 2. The number of furan rings is 1. The number of esters is 2. The van der Waals surface area contributed by atoms with Crippen LogP contribution in [0, 0.1) is 6.92 Å². The zero-order chi connectivity index (χ0) is 21.3. The molecule has 1 aliphatic rings. The number of methoxy groups -OCH3 is 1. The molecule has 0 radical (unpaired) electrons. The summed E-state index contributed by atoms with van der Waals surface area (Å²) in [6.07, 6.45) is 2.96. The van der Waals surface area contributed by atoms with E-state index < -0.39 is 11.9 Å². The Labute approximate surface area is 171 Å². The van der Waals surface area contributed by atoms with Gasteiger partial charge in [-0.15, -0.1) is 0 Å². The summed E-state index contributed by atoms with van der Waals surface area (Å²) < 4.78 is 20.7. The number of Topliss-reactive ketones (excluding diaryl/α,β-unsaturated/α-hetero) is 1. The van der Waals surface area contributed by atoms with E-state index in [1.165, 1.54) is 25.5 Å². The van der Waals surface area contributed by atoms with Crippen molar-refractivity contribution in [2.24, 2.45) is 0 Å². The second-order valence-corrected chi connectivity index (χ2v) is 6.53. The van der Waals surface area contributed by atoms with Crippen molar-refractivity contribution in [3.8, 4) is 11.5 Å². The number of ketones is 1. The van der Waals surface area contributed by atoms with Crippen molar-refractivity contribution in [2.45, 2.75) is 6.92 Å². The van der Waals surface area contributed by atoms with E-state index in [1.807, 2.05) is 0 Å². The van der Waals surface area contributed by atoms with Crippen LogP contribution in [0.25, 0.3) is 6.08 Å². The molecule has 1 aliphatic heterocycles. The summed E-state index contributed by atoms with van der Waals surface area (Å²) in [6, 6.07) is 12.7. The molecule has 0 aliphatic carbocycles. The van der Waals surface area contributed by atoms with Gasteiger partial charge in [0.05, 0.1) is 24.5 Å². The second kappa shape index (κ2) is 7.71. The molecular formula is C23H16O7. The molecule has 0 N–H and O–H groups in total. The molecule has 0 saturated carbocycles. The summed E-state index contributed by atoms with van der Waals surface area (Å²) in [7, 11) is 1.31. The van der Waals surface area contributed by atoms with Crippen molar-refractivity contribution in [1.82, 2.24) is 0 Å². The molecule has 0 spiro atoms. The second-order valence-electron chi connectivity index (χ2n) is 6.53. The SMILES string of the molecule is COC(=O)c1ccc(/C=C2\Oc3cc(OC(=O)c4ccco4)cc(C)c3C2=O)cc1. The first-order valence-electron chi connectivity index (χ1n) is 8.99. The summed E-state index contributed by atoms with van der Waals surface area (Å²) in [5.74, 6) is -0.617. The van der Waals surface area contributed by atoms with Gasteiger partial charge in [-0.1, -0.05) is 12.1 Å². The highest BCUT2D eigenvalue weighted by atomic mass is 16.5. The number of hydrogen-bond donors (Lipinski definition) is 0. The van der Waals surface area contributed by atoms with Gasteiger partial charge in [0.15, 0.2) is 5.76 Å². The normalized spacial score (nSPS) is 13.7. The van der Waals surface area contributed by atoms with Gasteiger partial charge in [0.2, 0.25) is 11.5 Å². The monoisotopic (exact) mass is 404 g/mol. The molecule has 0 saturated heterocycles. The third-order valence-corrected chi connectivity index (χ3v) is 4.51. The number of carbonyl (C=O) groups is 3. The Hall–Kier alpha value is -4.13. The number of hydrogen-bond acceptors (Lipinski definition) is 7. The van der Waals surface area contributed by atoms with E-state index >= 15 is 0 Å². The van der Waals surface area contributed by atoms with Crippen LogP contribution in [0.1, 0.15) is 42.4 Å². The van der Waals surface area contributed by atoms with Crippen LogP contribution >= 0.6 is 0 Å². The molecule has 4 rings (SSSR count). The number of rotatable bonds is 4. The summed E-state index contributed by atoms with van der Waals surface area (Å²) in [5, 5.41) is 0. The average Bonchev–Trinajstić information content (AvgIpc) is 3.37. The van der Waals surface area contributed by atoms with Gasteiger partial charge >= 0.3 is 11.9 Å². The van der Waals surface area contributed by atoms with E-state index in [9.17, 15) is 14.4 Å². The molecule has 2 aromatic carbocycles. The van der Waals surface area contributed by atoms with Gasteiger partial charge in [-0.3, -0.25) is 4.79 Å². The fourth-order valence-corrected chi connectivity index (χ4v) is 3.07. The fourth-order valence-electron chi connectivity index (χ4n) is 3.07. The Bertz CT molecular complexity index is 1170. The molecule has 150 valence electrons. The van der Waals surface area contributed by atoms with Gasteiger partial charge in [-0.05, 0) is 54.5 Å². The first-order chi connectivity index (χ1) is 14.5. The first kappa shape index (κ1) is 19.2. The summed E-state index contributed by atoms with van der Waals surface area (Å²) in [5.41, 5.74) is 2.11. The third-order valence-electron chi connectivity index (χ3n) is 4.51. The minimum Gasteiger partial charge on any atom is -0.465 e. The Morgan fingerprint density at radius 1 is 1.03 bits per heavy atom. The topological polar surface area (TPSA) is 92.0 Å². The number of fused-ring (bicyclic) bond motifs is 1. The van der Waals surface area contributed by atoms with E-state index in [1.54, 1.807) is 49.4 Å². The Morgan fingerprint density at radius 3 is 2.47 bits per heavy atom. The largest absolute Gasteiger partial charge is 0.465 e. The van der Waals surface area contributed by atoms with Gasteiger partial charge in [-0.2, -0.15) is 0 Å². The molecule has 0 amide bonds. The van der Waals surface area contributed by atoms with Crippen LogP contribution in [0.2, 0.25) is 0 Å². The minimum absolute atomic E-state index is 0.0705. The predicted molar refractivity (Wildman–Crippen MR) is 106 cm³/mol. The highest BCUT2D eigenvalue weighted by molar-refractivity contribution is 6.15. The lowest BCUT2D eigenvalue weighted by molar-refractivity contribution is 0.0600. The highest BCUT2D eigenvalue weighted by Gasteiger charge is 2.30. The molecule has 30 heavy (non-hydrogen) atoms. The predicted octanol–water partition coefficient (Wildman–Crippen LogP) is 4.21. The van der Waals surface area contributed by atoms with Crippen LogP contribution in [0.15, 0.2) is 65.0 Å². The van der Waals surface area contributed by atoms with Gasteiger partial charge in [0.25, 0.3) is 0 Å². The van der Waals surface area contributed by atoms with E-state index in [0.29, 0.717) is 28.0 Å². The molecule has 7 nitrogen and oxygen atoms in total. The van der Waals surface area contributed by atoms with E-state index in [-0.39, 0.29) is 23.1 Å². The zero-order valence-corrected chi connectivity index (χ0v) is 16.1. The molecule has 3 aromatic rings. The summed E-state index contributed by atoms with van der Waals surface area (Å²) >= 11 is 0. The van der Waals surface area contributed by atoms with Crippen molar-refractivity contribution in [1.29, 1.82) is 0 Å². The van der Waals surface area contributed by atoms with Crippen molar-refractivity contribution in [3.05, 3.63) is 88.6 Å². The average molecular weight is 404 g/mol. The molecule has 7 heteroatoms.